The van der Waals surface area contributed by atoms with Crippen LogP contribution in [0.15, 0.2) is 42.5 Å². The van der Waals surface area contributed by atoms with Crippen LogP contribution in [-0.2, 0) is 27.2 Å². The van der Waals surface area contributed by atoms with Crippen LogP contribution in [-0.4, -0.2) is 30.4 Å². The van der Waals surface area contributed by atoms with Crippen molar-refractivity contribution in [3.63, 3.8) is 0 Å². The van der Waals surface area contributed by atoms with Gasteiger partial charge < -0.3 is 14.8 Å². The van der Waals surface area contributed by atoms with E-state index < -0.39 is 18.0 Å². The lowest BCUT2D eigenvalue weighted by Crippen LogP contribution is -2.31. The molecule has 0 bridgehead atoms. The van der Waals surface area contributed by atoms with Crippen LogP contribution in [0, 0.1) is 0 Å². The van der Waals surface area contributed by atoms with Crippen molar-refractivity contribution in [2.45, 2.75) is 39.2 Å². The van der Waals surface area contributed by atoms with Crippen molar-refractivity contribution in [2.75, 3.05) is 11.9 Å². The number of carbonyl (C=O) groups excluding carboxylic acids is 3. The van der Waals surface area contributed by atoms with Crippen LogP contribution in [0.4, 0.5) is 5.69 Å². The highest BCUT2D eigenvalue weighted by Crippen LogP contribution is 2.25. The molecule has 0 saturated carbocycles. The smallest absolute Gasteiger partial charge is 0.344 e. The Morgan fingerprint density at radius 1 is 1.04 bits per heavy atom. The minimum Gasteiger partial charge on any atom is -0.482 e. The predicted octanol–water partition coefficient (Wildman–Crippen LogP) is 3.33. The summed E-state index contributed by atoms with van der Waals surface area (Å²) < 4.78 is 10.5. The van der Waals surface area contributed by atoms with Gasteiger partial charge in [-0.05, 0) is 80.6 Å². The molecule has 0 aliphatic heterocycles. The molecule has 0 unspecified atom stereocenters. The van der Waals surface area contributed by atoms with Gasteiger partial charge in [0.1, 0.15) is 5.75 Å². The highest BCUT2D eigenvalue weighted by Gasteiger charge is 2.19. The third-order valence-corrected chi connectivity index (χ3v) is 4.66. The average molecular weight is 381 g/mol. The second-order valence-electron chi connectivity index (χ2n) is 6.83. The summed E-state index contributed by atoms with van der Waals surface area (Å²) >= 11 is 0. The maximum Gasteiger partial charge on any atom is 0.344 e. The molecule has 0 heterocycles. The van der Waals surface area contributed by atoms with E-state index in [1.807, 2.05) is 18.2 Å². The van der Waals surface area contributed by atoms with Gasteiger partial charge in [-0.1, -0.05) is 6.07 Å². The van der Waals surface area contributed by atoms with Gasteiger partial charge in [-0.2, -0.15) is 0 Å². The van der Waals surface area contributed by atoms with Gasteiger partial charge >= 0.3 is 5.97 Å². The molecule has 0 aromatic heterocycles. The maximum absolute atomic E-state index is 12.3. The highest BCUT2D eigenvalue weighted by atomic mass is 16.6. The summed E-state index contributed by atoms with van der Waals surface area (Å²) in [6.45, 7) is 2.67. The Hall–Kier alpha value is -3.15. The third-order valence-electron chi connectivity index (χ3n) is 4.66. The Morgan fingerprint density at radius 3 is 2.46 bits per heavy atom. The monoisotopic (exact) mass is 381 g/mol. The van der Waals surface area contributed by atoms with Gasteiger partial charge in [-0.25, -0.2) is 4.79 Å². The largest absolute Gasteiger partial charge is 0.482 e. The summed E-state index contributed by atoms with van der Waals surface area (Å²) in [7, 11) is 0. The summed E-state index contributed by atoms with van der Waals surface area (Å²) in [4.78, 5) is 35.4. The normalized spacial score (nSPS) is 13.4. The minimum absolute atomic E-state index is 0.0471. The zero-order chi connectivity index (χ0) is 20.1. The molecule has 1 amide bonds. The number of rotatable bonds is 7. The number of hydrogen-bond acceptors (Lipinski definition) is 5. The number of ketones is 1. The minimum atomic E-state index is -0.940. The molecule has 2 aromatic carbocycles. The first-order valence-electron chi connectivity index (χ1n) is 9.28. The van der Waals surface area contributed by atoms with Crippen LogP contribution < -0.4 is 10.1 Å². The van der Waals surface area contributed by atoms with Gasteiger partial charge in [0.2, 0.25) is 0 Å². The molecular formula is C22H23NO5. The highest BCUT2D eigenvalue weighted by molar-refractivity contribution is 5.95. The van der Waals surface area contributed by atoms with Crippen LogP contribution >= 0.6 is 0 Å². The number of anilines is 1. The Labute approximate surface area is 163 Å². The number of benzene rings is 2. The Balaban J connectivity index is 1.46. The lowest BCUT2D eigenvalue weighted by Gasteiger charge is -2.14. The molecule has 6 heteroatoms. The van der Waals surface area contributed by atoms with E-state index in [0.29, 0.717) is 17.0 Å². The number of fused-ring (bicyclic) bond motifs is 1. The van der Waals surface area contributed by atoms with E-state index in [-0.39, 0.29) is 12.4 Å². The first kappa shape index (κ1) is 19.6. The number of hydrogen-bond donors (Lipinski definition) is 1. The van der Waals surface area contributed by atoms with Crippen LogP contribution in [0.3, 0.4) is 0 Å². The van der Waals surface area contributed by atoms with Crippen LogP contribution in [0.1, 0.15) is 41.8 Å². The first-order valence-corrected chi connectivity index (χ1v) is 9.28. The molecule has 1 aliphatic carbocycles. The van der Waals surface area contributed by atoms with E-state index in [1.165, 1.54) is 25.0 Å². The third kappa shape index (κ3) is 4.97. The number of aryl methyl sites for hydroxylation is 2. The van der Waals surface area contributed by atoms with Crippen LogP contribution in [0.25, 0.3) is 0 Å². The van der Waals surface area contributed by atoms with Crippen molar-refractivity contribution < 1.29 is 23.9 Å². The van der Waals surface area contributed by atoms with Gasteiger partial charge in [-0.15, -0.1) is 0 Å². The lowest BCUT2D eigenvalue weighted by molar-refractivity contribution is -0.155. The van der Waals surface area contributed by atoms with Crippen LogP contribution in [0.2, 0.25) is 0 Å². The Kier molecular flexibility index (Phi) is 6.09. The predicted molar refractivity (Wildman–Crippen MR) is 105 cm³/mol. The number of nitrogens with one attached hydrogen (secondary N) is 1. The second-order valence-corrected chi connectivity index (χ2v) is 6.83. The molecule has 0 saturated heterocycles. The fourth-order valence-corrected chi connectivity index (χ4v) is 3.11. The van der Waals surface area contributed by atoms with Crippen molar-refractivity contribution >= 4 is 23.3 Å². The number of amides is 1. The molecule has 28 heavy (non-hydrogen) atoms. The molecule has 146 valence electrons. The molecule has 1 N–H and O–H groups in total. The zero-order valence-corrected chi connectivity index (χ0v) is 16.0. The molecule has 0 spiro atoms. The van der Waals surface area contributed by atoms with E-state index >= 15 is 0 Å². The van der Waals surface area contributed by atoms with Crippen molar-refractivity contribution in [3.8, 4) is 5.75 Å². The number of carbonyl (C=O) groups is 3. The summed E-state index contributed by atoms with van der Waals surface area (Å²) in [5.41, 5.74) is 3.85. The summed E-state index contributed by atoms with van der Waals surface area (Å²) in [5, 5.41) is 2.78. The van der Waals surface area contributed by atoms with E-state index in [4.69, 9.17) is 9.47 Å². The summed E-state index contributed by atoms with van der Waals surface area (Å²) in [6, 6.07) is 12.3. The Bertz CT molecular complexity index is 888. The van der Waals surface area contributed by atoms with Crippen molar-refractivity contribution in [2.24, 2.45) is 0 Å². The molecule has 1 atom stereocenters. The second kappa shape index (κ2) is 8.69. The molecule has 0 fully saturated rings. The van der Waals surface area contributed by atoms with Crippen molar-refractivity contribution in [1.29, 1.82) is 0 Å². The quantitative estimate of drug-likeness (QED) is 0.588. The number of esters is 1. The topological polar surface area (TPSA) is 81.7 Å². The fraction of sp³-hybridized carbons (Fsp3) is 0.318. The number of Topliss-reactive ketones (excluding diaryl/α,β-unsaturated/α-hetero) is 1. The van der Waals surface area contributed by atoms with E-state index in [2.05, 4.69) is 5.32 Å². The SMILES string of the molecule is CC(=O)c1ccc(OCC(=O)O[C@@H](C)C(=O)Nc2ccc3c(c2)CCC3)cc1. The molecule has 1 aliphatic rings. The van der Waals surface area contributed by atoms with Gasteiger partial charge in [0.15, 0.2) is 18.5 Å². The van der Waals surface area contributed by atoms with Gasteiger partial charge in [-0.3, -0.25) is 9.59 Å². The summed E-state index contributed by atoms with van der Waals surface area (Å²) in [5.74, 6) is -0.643. The maximum atomic E-state index is 12.3. The summed E-state index contributed by atoms with van der Waals surface area (Å²) in [6.07, 6.45) is 2.30. The standard InChI is InChI=1S/C22H23NO5/c1-14(24)16-7-10-20(11-8-16)27-13-21(25)28-15(2)22(26)23-19-9-6-17-4-3-5-18(17)12-19/h6-12,15H,3-5,13H2,1-2H3,(H,23,26)/t15-/m0/s1. The molecule has 2 aromatic rings. The van der Waals surface area contributed by atoms with E-state index in [0.717, 1.165) is 19.3 Å². The van der Waals surface area contributed by atoms with Crippen molar-refractivity contribution in [1.82, 2.24) is 0 Å². The molecule has 3 rings (SSSR count). The molecule has 0 radical (unpaired) electrons. The van der Waals surface area contributed by atoms with Gasteiger partial charge in [0.05, 0.1) is 0 Å². The number of ether oxygens (including phenoxy) is 2. The lowest BCUT2D eigenvalue weighted by atomic mass is 10.1. The molecule has 6 nitrogen and oxygen atoms in total. The Morgan fingerprint density at radius 2 is 1.75 bits per heavy atom. The van der Waals surface area contributed by atoms with Crippen LogP contribution in [0.5, 0.6) is 5.75 Å². The van der Waals surface area contributed by atoms with Crippen molar-refractivity contribution in [3.05, 3.63) is 59.2 Å². The fourth-order valence-electron chi connectivity index (χ4n) is 3.11. The van der Waals surface area contributed by atoms with E-state index in [1.54, 1.807) is 24.3 Å². The van der Waals surface area contributed by atoms with E-state index in [9.17, 15) is 14.4 Å². The zero-order valence-electron chi connectivity index (χ0n) is 16.0. The first-order chi connectivity index (χ1) is 13.4. The molecular weight excluding hydrogens is 358 g/mol. The van der Waals surface area contributed by atoms with Gasteiger partial charge in [0, 0.05) is 11.3 Å². The average Bonchev–Trinajstić information content (AvgIpc) is 3.14. The van der Waals surface area contributed by atoms with Gasteiger partial charge in [0.25, 0.3) is 5.91 Å².